The number of pyridine rings is 1. The Morgan fingerprint density at radius 2 is 2.20 bits per heavy atom. The van der Waals surface area contributed by atoms with Crippen LogP contribution in [0.5, 0.6) is 0 Å². The van der Waals surface area contributed by atoms with Gasteiger partial charge in [0.2, 0.25) is 0 Å². The van der Waals surface area contributed by atoms with Gasteiger partial charge in [-0.25, -0.2) is 4.68 Å². The van der Waals surface area contributed by atoms with Crippen LogP contribution in [-0.2, 0) is 6.54 Å². The zero-order valence-electron chi connectivity index (χ0n) is 11.4. The number of aryl methyl sites for hydroxylation is 1. The van der Waals surface area contributed by atoms with Gasteiger partial charge in [0.15, 0.2) is 0 Å². The molecule has 3 rings (SSSR count). The number of benzene rings is 1. The minimum absolute atomic E-state index is 0.711. The van der Waals surface area contributed by atoms with Crippen LogP contribution >= 0.6 is 0 Å². The van der Waals surface area contributed by atoms with E-state index < -0.39 is 0 Å². The fourth-order valence-electron chi connectivity index (χ4n) is 2.15. The molecule has 4 nitrogen and oxygen atoms in total. The lowest BCUT2D eigenvalue weighted by Crippen LogP contribution is -2.00. The quantitative estimate of drug-likeness (QED) is 0.784. The Morgan fingerprint density at radius 1 is 1.30 bits per heavy atom. The number of aromatic nitrogens is 3. The average molecular weight is 264 g/mol. The van der Waals surface area contributed by atoms with Crippen LogP contribution < -0.4 is 5.32 Å². The Morgan fingerprint density at radius 3 is 3.00 bits per heavy atom. The Balaban J connectivity index is 1.86. The first kappa shape index (κ1) is 12.4. The normalized spacial score (nSPS) is 10.7. The number of rotatable bonds is 4. The molecule has 0 aliphatic carbocycles. The maximum absolute atomic E-state index is 4.61. The van der Waals surface area contributed by atoms with Crippen molar-refractivity contribution in [3.8, 4) is 0 Å². The molecule has 2 aromatic heterocycles. The Labute approximate surface area is 117 Å². The Kier molecular flexibility index (Phi) is 3.21. The summed E-state index contributed by atoms with van der Waals surface area (Å²) in [5.74, 6) is 0. The lowest BCUT2D eigenvalue weighted by atomic mass is 10.1. The van der Waals surface area contributed by atoms with Crippen molar-refractivity contribution in [3.05, 3.63) is 60.6 Å². The van der Waals surface area contributed by atoms with E-state index in [9.17, 15) is 0 Å². The second-order valence-electron chi connectivity index (χ2n) is 4.69. The predicted molar refractivity (Wildman–Crippen MR) is 82.4 cm³/mol. The van der Waals surface area contributed by atoms with Crippen molar-refractivity contribution in [1.82, 2.24) is 14.8 Å². The molecular weight excluding hydrogens is 248 g/mol. The predicted octanol–water partition coefficient (Wildman–Crippen LogP) is 3.45. The Hall–Kier alpha value is -2.62. The second kappa shape index (κ2) is 5.17. The van der Waals surface area contributed by atoms with Crippen LogP contribution in [0.15, 0.2) is 49.3 Å². The molecule has 0 bridgehead atoms. The van der Waals surface area contributed by atoms with Crippen molar-refractivity contribution in [3.63, 3.8) is 0 Å². The summed E-state index contributed by atoms with van der Waals surface area (Å²) in [6.07, 6.45) is 5.45. The van der Waals surface area contributed by atoms with Crippen LogP contribution in [0.3, 0.4) is 0 Å². The molecule has 0 unspecified atom stereocenters. The first-order valence-corrected chi connectivity index (χ1v) is 6.52. The number of fused-ring (bicyclic) bond motifs is 1. The van der Waals surface area contributed by atoms with E-state index in [1.807, 2.05) is 37.5 Å². The van der Waals surface area contributed by atoms with Gasteiger partial charge in [-0.2, -0.15) is 5.10 Å². The van der Waals surface area contributed by atoms with E-state index in [-0.39, 0.29) is 0 Å². The van der Waals surface area contributed by atoms with E-state index in [1.165, 1.54) is 0 Å². The van der Waals surface area contributed by atoms with Crippen LogP contribution in [0.1, 0.15) is 11.3 Å². The highest BCUT2D eigenvalue weighted by Gasteiger charge is 2.03. The van der Waals surface area contributed by atoms with Gasteiger partial charge >= 0.3 is 0 Å². The number of hydrogen-bond acceptors (Lipinski definition) is 3. The van der Waals surface area contributed by atoms with E-state index in [2.05, 4.69) is 34.1 Å². The zero-order chi connectivity index (χ0) is 13.9. The average Bonchev–Trinajstić information content (AvgIpc) is 2.93. The lowest BCUT2D eigenvalue weighted by molar-refractivity contribution is 0.936. The van der Waals surface area contributed by atoms with Gasteiger partial charge in [0.25, 0.3) is 0 Å². The number of nitrogens with zero attached hydrogens (tertiary/aromatic N) is 3. The minimum atomic E-state index is 0.711. The highest BCUT2D eigenvalue weighted by molar-refractivity contribution is 5.90. The topological polar surface area (TPSA) is 42.7 Å². The van der Waals surface area contributed by atoms with E-state index in [4.69, 9.17) is 0 Å². The standard InChI is InChI=1S/C16H16N4/c1-3-20-11-13(10-18-20)9-17-15-6-4-5-14-8-7-12(2)19-16(14)15/h3-8,10-11,17H,1,9H2,2H3. The smallest absolute Gasteiger partial charge is 0.0936 e. The van der Waals surface area contributed by atoms with Gasteiger partial charge < -0.3 is 5.32 Å². The summed E-state index contributed by atoms with van der Waals surface area (Å²) in [6, 6.07) is 10.3. The van der Waals surface area contributed by atoms with E-state index in [0.717, 1.165) is 27.8 Å². The van der Waals surface area contributed by atoms with Gasteiger partial charge in [-0.15, -0.1) is 0 Å². The van der Waals surface area contributed by atoms with Gasteiger partial charge in [0.05, 0.1) is 17.4 Å². The summed E-state index contributed by atoms with van der Waals surface area (Å²) < 4.78 is 1.70. The number of nitrogens with one attached hydrogen (secondary N) is 1. The molecular formula is C16H16N4. The van der Waals surface area contributed by atoms with Gasteiger partial charge in [0, 0.05) is 35.6 Å². The van der Waals surface area contributed by atoms with Crippen molar-refractivity contribution in [1.29, 1.82) is 0 Å². The third-order valence-corrected chi connectivity index (χ3v) is 3.18. The third kappa shape index (κ3) is 2.40. The molecule has 1 N–H and O–H groups in total. The molecule has 20 heavy (non-hydrogen) atoms. The zero-order valence-corrected chi connectivity index (χ0v) is 11.4. The molecule has 0 aliphatic rings. The summed E-state index contributed by atoms with van der Waals surface area (Å²) in [5.41, 5.74) is 4.17. The van der Waals surface area contributed by atoms with Crippen molar-refractivity contribution < 1.29 is 0 Å². The molecule has 2 heterocycles. The van der Waals surface area contributed by atoms with Crippen molar-refractivity contribution in [2.75, 3.05) is 5.32 Å². The van der Waals surface area contributed by atoms with Gasteiger partial charge in [-0.1, -0.05) is 24.8 Å². The summed E-state index contributed by atoms with van der Waals surface area (Å²) in [7, 11) is 0. The number of anilines is 1. The largest absolute Gasteiger partial charge is 0.379 e. The monoisotopic (exact) mass is 264 g/mol. The van der Waals surface area contributed by atoms with Gasteiger partial charge in [-0.05, 0) is 19.1 Å². The molecule has 0 saturated heterocycles. The summed E-state index contributed by atoms with van der Waals surface area (Å²) in [5, 5.41) is 8.73. The van der Waals surface area contributed by atoms with Gasteiger partial charge in [-0.3, -0.25) is 4.98 Å². The molecule has 0 saturated carbocycles. The first-order chi connectivity index (χ1) is 9.76. The highest BCUT2D eigenvalue weighted by atomic mass is 15.2. The number of para-hydroxylation sites is 1. The van der Waals surface area contributed by atoms with Crippen molar-refractivity contribution in [2.24, 2.45) is 0 Å². The van der Waals surface area contributed by atoms with Crippen LogP contribution in [0.2, 0.25) is 0 Å². The molecule has 0 amide bonds. The fourth-order valence-corrected chi connectivity index (χ4v) is 2.15. The highest BCUT2D eigenvalue weighted by Crippen LogP contribution is 2.22. The maximum Gasteiger partial charge on any atom is 0.0936 e. The molecule has 0 aliphatic heterocycles. The third-order valence-electron chi connectivity index (χ3n) is 3.18. The lowest BCUT2D eigenvalue weighted by Gasteiger charge is -2.08. The minimum Gasteiger partial charge on any atom is -0.379 e. The molecule has 0 spiro atoms. The molecule has 3 aromatic rings. The number of hydrogen-bond donors (Lipinski definition) is 1. The van der Waals surface area contributed by atoms with Crippen LogP contribution in [-0.4, -0.2) is 14.8 Å². The van der Waals surface area contributed by atoms with Crippen molar-refractivity contribution in [2.45, 2.75) is 13.5 Å². The van der Waals surface area contributed by atoms with Crippen LogP contribution in [0.25, 0.3) is 17.1 Å². The SMILES string of the molecule is C=Cn1cc(CNc2cccc3ccc(C)nc23)cn1. The van der Waals surface area contributed by atoms with Crippen LogP contribution in [0.4, 0.5) is 5.69 Å². The van der Waals surface area contributed by atoms with Crippen molar-refractivity contribution >= 4 is 22.8 Å². The molecule has 1 aromatic carbocycles. The van der Waals surface area contributed by atoms with E-state index in [1.54, 1.807) is 10.9 Å². The van der Waals surface area contributed by atoms with E-state index in [0.29, 0.717) is 6.54 Å². The van der Waals surface area contributed by atoms with E-state index >= 15 is 0 Å². The summed E-state index contributed by atoms with van der Waals surface area (Å²) in [4.78, 5) is 4.61. The Bertz CT molecular complexity index is 758. The second-order valence-corrected chi connectivity index (χ2v) is 4.69. The molecule has 0 atom stereocenters. The molecule has 0 fully saturated rings. The molecule has 4 heteroatoms. The fraction of sp³-hybridized carbons (Fsp3) is 0.125. The maximum atomic E-state index is 4.61. The first-order valence-electron chi connectivity index (χ1n) is 6.52. The van der Waals surface area contributed by atoms with Crippen LogP contribution in [0, 0.1) is 6.92 Å². The summed E-state index contributed by atoms with van der Waals surface area (Å²) in [6.45, 7) is 6.40. The van der Waals surface area contributed by atoms with Gasteiger partial charge in [0.1, 0.15) is 0 Å². The summed E-state index contributed by atoms with van der Waals surface area (Å²) >= 11 is 0. The molecule has 0 radical (unpaired) electrons. The molecule has 100 valence electrons.